The summed E-state index contributed by atoms with van der Waals surface area (Å²) < 4.78 is 6.30. The van der Waals surface area contributed by atoms with Crippen molar-refractivity contribution in [1.82, 2.24) is 9.55 Å². The van der Waals surface area contributed by atoms with Gasteiger partial charge in [0.1, 0.15) is 23.6 Å². The van der Waals surface area contributed by atoms with Gasteiger partial charge < -0.3 is 25.8 Å². The Morgan fingerprint density at radius 1 is 1.67 bits per heavy atom. The normalized spacial score (nSPS) is 35.9. The predicted octanol–water partition coefficient (Wildman–Crippen LogP) is -2.17. The number of hydrogen-bond donors (Lipinski definition) is 4. The second-order valence-corrected chi connectivity index (χ2v) is 4.42. The van der Waals surface area contributed by atoms with Gasteiger partial charge in [0.15, 0.2) is 6.23 Å². The Hall–Kier alpha value is -1.48. The van der Waals surface area contributed by atoms with E-state index in [0.717, 1.165) is 4.57 Å². The van der Waals surface area contributed by atoms with Crippen molar-refractivity contribution in [2.45, 2.75) is 31.0 Å². The van der Waals surface area contributed by atoms with Gasteiger partial charge in [-0.2, -0.15) is 4.98 Å². The Morgan fingerprint density at radius 3 is 2.83 bits per heavy atom. The maximum Gasteiger partial charge on any atom is 0.351 e. The molecule has 0 amide bonds. The Balaban J connectivity index is 2.42. The molecule has 0 aromatic carbocycles. The van der Waals surface area contributed by atoms with Gasteiger partial charge in [-0.1, -0.05) is 0 Å². The monoisotopic (exact) mass is 257 g/mol. The zero-order valence-electron chi connectivity index (χ0n) is 9.72. The van der Waals surface area contributed by atoms with Crippen LogP contribution in [-0.4, -0.2) is 49.3 Å². The molecule has 100 valence electrons. The molecular weight excluding hydrogens is 242 g/mol. The number of hydrogen-bond acceptors (Lipinski definition) is 7. The van der Waals surface area contributed by atoms with Crippen LogP contribution in [0.25, 0.3) is 0 Å². The lowest BCUT2D eigenvalue weighted by Gasteiger charge is -2.27. The first-order chi connectivity index (χ1) is 8.37. The first-order valence-corrected chi connectivity index (χ1v) is 5.39. The Labute approximate surface area is 102 Å². The van der Waals surface area contributed by atoms with Gasteiger partial charge in [-0.25, -0.2) is 4.79 Å². The molecule has 1 fully saturated rings. The Kier molecular flexibility index (Phi) is 3.11. The smallest absolute Gasteiger partial charge is 0.351 e. The topological polar surface area (TPSA) is 131 Å². The molecule has 1 unspecified atom stereocenters. The predicted molar refractivity (Wildman–Crippen MR) is 60.5 cm³/mol. The maximum atomic E-state index is 11.7. The summed E-state index contributed by atoms with van der Waals surface area (Å²) in [5, 5.41) is 29.0. The van der Waals surface area contributed by atoms with E-state index >= 15 is 0 Å². The first kappa shape index (κ1) is 13.0. The summed E-state index contributed by atoms with van der Waals surface area (Å²) in [5.74, 6) is 0.0492. The number of nitrogens with two attached hydrogens (primary N) is 1. The van der Waals surface area contributed by atoms with E-state index < -0.39 is 36.3 Å². The summed E-state index contributed by atoms with van der Waals surface area (Å²) in [6.45, 7) is 0.853. The van der Waals surface area contributed by atoms with Crippen molar-refractivity contribution < 1.29 is 20.1 Å². The van der Waals surface area contributed by atoms with Crippen LogP contribution in [0, 0.1) is 0 Å². The number of aromatic nitrogens is 2. The van der Waals surface area contributed by atoms with Crippen LogP contribution in [0.15, 0.2) is 17.1 Å². The van der Waals surface area contributed by atoms with Gasteiger partial charge in [0.05, 0.1) is 6.61 Å². The molecule has 2 rings (SSSR count). The second-order valence-electron chi connectivity index (χ2n) is 4.42. The zero-order chi connectivity index (χ0) is 13.5. The fourth-order valence-electron chi connectivity index (χ4n) is 1.99. The van der Waals surface area contributed by atoms with Crippen molar-refractivity contribution in [3.8, 4) is 0 Å². The number of rotatable bonds is 2. The summed E-state index contributed by atoms with van der Waals surface area (Å²) in [6.07, 6.45) is -2.09. The Bertz CT molecular complexity index is 501. The average Bonchev–Trinajstić information content (AvgIpc) is 2.52. The quantitative estimate of drug-likeness (QED) is 0.474. The van der Waals surface area contributed by atoms with E-state index in [1.807, 2.05) is 0 Å². The van der Waals surface area contributed by atoms with Crippen molar-refractivity contribution in [3.63, 3.8) is 0 Å². The highest BCUT2D eigenvalue weighted by atomic mass is 16.6. The number of anilines is 1. The van der Waals surface area contributed by atoms with Gasteiger partial charge in [0.25, 0.3) is 0 Å². The molecule has 0 radical (unpaired) electrons. The molecule has 0 bridgehead atoms. The molecule has 2 heterocycles. The minimum absolute atomic E-state index is 0.0492. The maximum absolute atomic E-state index is 11.7. The molecule has 1 saturated heterocycles. The van der Waals surface area contributed by atoms with Crippen LogP contribution in [0.1, 0.15) is 13.2 Å². The van der Waals surface area contributed by atoms with E-state index in [4.69, 9.17) is 15.6 Å². The SMILES string of the molecule is C[C@]1(O)C(O)[C@@H](CO)O[C@H]1n1ccc(N)nc1=O. The highest BCUT2D eigenvalue weighted by molar-refractivity contribution is 5.23. The van der Waals surface area contributed by atoms with Crippen LogP contribution in [0.4, 0.5) is 5.82 Å². The van der Waals surface area contributed by atoms with Crippen molar-refractivity contribution in [3.05, 3.63) is 22.7 Å². The van der Waals surface area contributed by atoms with Crippen LogP contribution in [0.2, 0.25) is 0 Å². The van der Waals surface area contributed by atoms with Crippen LogP contribution >= 0.6 is 0 Å². The minimum atomic E-state index is -1.71. The summed E-state index contributed by atoms with van der Waals surface area (Å²) >= 11 is 0. The zero-order valence-corrected chi connectivity index (χ0v) is 9.72. The second kappa shape index (κ2) is 4.32. The number of aliphatic hydroxyl groups is 3. The molecule has 1 aromatic heterocycles. The molecule has 0 saturated carbocycles. The molecule has 8 heteroatoms. The largest absolute Gasteiger partial charge is 0.394 e. The number of aliphatic hydroxyl groups excluding tert-OH is 2. The van der Waals surface area contributed by atoms with E-state index in [1.165, 1.54) is 19.2 Å². The van der Waals surface area contributed by atoms with Gasteiger partial charge in [-0.15, -0.1) is 0 Å². The van der Waals surface area contributed by atoms with E-state index in [9.17, 15) is 15.0 Å². The third-order valence-electron chi connectivity index (χ3n) is 3.04. The van der Waals surface area contributed by atoms with Gasteiger partial charge >= 0.3 is 5.69 Å². The molecule has 18 heavy (non-hydrogen) atoms. The fourth-order valence-corrected chi connectivity index (χ4v) is 1.99. The number of ether oxygens (including phenoxy) is 1. The summed E-state index contributed by atoms with van der Waals surface area (Å²) in [6, 6.07) is 1.37. The van der Waals surface area contributed by atoms with Crippen LogP contribution in [0.3, 0.4) is 0 Å². The highest BCUT2D eigenvalue weighted by Crippen LogP contribution is 2.37. The highest BCUT2D eigenvalue weighted by Gasteiger charge is 2.53. The lowest BCUT2D eigenvalue weighted by atomic mass is 9.96. The summed E-state index contributed by atoms with van der Waals surface area (Å²) in [4.78, 5) is 15.2. The van der Waals surface area contributed by atoms with Crippen LogP contribution in [-0.2, 0) is 4.74 Å². The van der Waals surface area contributed by atoms with Crippen molar-refractivity contribution in [2.75, 3.05) is 12.3 Å². The van der Waals surface area contributed by atoms with Gasteiger partial charge in [0.2, 0.25) is 0 Å². The third kappa shape index (κ3) is 1.89. The van der Waals surface area contributed by atoms with E-state index in [-0.39, 0.29) is 5.82 Å². The Morgan fingerprint density at radius 2 is 2.33 bits per heavy atom. The minimum Gasteiger partial charge on any atom is -0.394 e. The lowest BCUT2D eigenvalue weighted by molar-refractivity contribution is -0.0986. The molecule has 0 aliphatic carbocycles. The average molecular weight is 257 g/mol. The van der Waals surface area contributed by atoms with Crippen molar-refractivity contribution >= 4 is 5.82 Å². The van der Waals surface area contributed by atoms with E-state index in [0.29, 0.717) is 0 Å². The van der Waals surface area contributed by atoms with Crippen molar-refractivity contribution in [1.29, 1.82) is 0 Å². The molecule has 8 nitrogen and oxygen atoms in total. The molecular formula is C10H15N3O5. The summed E-state index contributed by atoms with van der Waals surface area (Å²) in [7, 11) is 0. The molecule has 0 spiro atoms. The number of nitrogen functional groups attached to an aromatic ring is 1. The third-order valence-corrected chi connectivity index (χ3v) is 3.04. The molecule has 1 aliphatic rings. The van der Waals surface area contributed by atoms with Crippen LogP contribution in [0.5, 0.6) is 0 Å². The van der Waals surface area contributed by atoms with Gasteiger partial charge in [-0.3, -0.25) is 4.57 Å². The van der Waals surface area contributed by atoms with Crippen LogP contribution < -0.4 is 11.4 Å². The first-order valence-electron chi connectivity index (χ1n) is 5.39. The molecule has 1 aliphatic heterocycles. The number of nitrogens with zero attached hydrogens (tertiary/aromatic N) is 2. The molecule has 1 aromatic rings. The van der Waals surface area contributed by atoms with Gasteiger partial charge in [-0.05, 0) is 13.0 Å². The standard InChI is InChI=1S/C10H15N3O5/c1-10(17)7(15)5(4-14)18-8(10)13-3-2-6(11)12-9(13)16/h2-3,5,7-8,14-15,17H,4H2,1H3,(H2,11,12,16)/t5-,7?,8-,10+/m1/s1. The molecule has 4 atom stereocenters. The fraction of sp³-hybridized carbons (Fsp3) is 0.600. The van der Waals surface area contributed by atoms with Gasteiger partial charge in [0, 0.05) is 6.20 Å². The van der Waals surface area contributed by atoms with Crippen molar-refractivity contribution in [2.24, 2.45) is 0 Å². The summed E-state index contributed by atoms with van der Waals surface area (Å²) in [5.41, 5.74) is 2.94. The van der Waals surface area contributed by atoms with E-state index in [1.54, 1.807) is 0 Å². The van der Waals surface area contributed by atoms with E-state index in [2.05, 4.69) is 4.98 Å². The molecule has 5 N–H and O–H groups in total. The lowest BCUT2D eigenvalue weighted by Crippen LogP contribution is -2.46.